The number of nitrogens with zero attached hydrogens (tertiary/aromatic N) is 2. The molecule has 0 aliphatic carbocycles. The first-order chi connectivity index (χ1) is 8.63. The van der Waals surface area contributed by atoms with Crippen LogP contribution in [-0.2, 0) is 4.74 Å². The summed E-state index contributed by atoms with van der Waals surface area (Å²) in [7, 11) is 0. The fourth-order valence-electron chi connectivity index (χ4n) is 1.60. The second-order valence-corrected chi connectivity index (χ2v) is 3.55. The van der Waals surface area contributed by atoms with Crippen LogP contribution < -0.4 is 0 Å². The molecule has 0 amide bonds. The van der Waals surface area contributed by atoms with Gasteiger partial charge in [0.05, 0.1) is 10.4 Å². The van der Waals surface area contributed by atoms with Crippen LogP contribution in [0.4, 0.5) is 10.5 Å². The van der Waals surface area contributed by atoms with Gasteiger partial charge >= 0.3 is 6.09 Å². The van der Waals surface area contributed by atoms with Crippen molar-refractivity contribution in [1.82, 2.24) is 4.57 Å². The van der Waals surface area contributed by atoms with Crippen LogP contribution in [-0.4, -0.2) is 22.2 Å². The summed E-state index contributed by atoms with van der Waals surface area (Å²) in [5.41, 5.74) is 0.550. The molecule has 0 saturated carbocycles. The van der Waals surface area contributed by atoms with Crippen LogP contribution in [0.2, 0.25) is 0 Å². The molecule has 0 aliphatic heterocycles. The lowest BCUT2D eigenvalue weighted by atomic mass is 10.2. The maximum Gasteiger partial charge on any atom is 0.418 e. The van der Waals surface area contributed by atoms with Gasteiger partial charge in [0, 0.05) is 23.7 Å². The molecule has 1 heterocycles. The third kappa shape index (κ3) is 2.08. The van der Waals surface area contributed by atoms with Crippen molar-refractivity contribution in [3.8, 4) is 0 Å². The molecule has 92 valence electrons. The number of nitro benzene ring substituents is 1. The molecule has 0 spiro atoms. The predicted molar refractivity (Wildman–Crippen MR) is 65.5 cm³/mol. The fraction of sp³-hybridized carbons (Fsp3) is 0.0833. The Bertz CT molecular complexity index is 630. The van der Waals surface area contributed by atoms with Crippen LogP contribution in [0.25, 0.3) is 10.9 Å². The number of nitro groups is 1. The van der Waals surface area contributed by atoms with E-state index in [0.29, 0.717) is 10.9 Å². The summed E-state index contributed by atoms with van der Waals surface area (Å²) < 4.78 is 6.19. The number of hydrogen-bond donors (Lipinski definition) is 0. The Kier molecular flexibility index (Phi) is 3.09. The normalized spacial score (nSPS) is 10.2. The topological polar surface area (TPSA) is 74.4 Å². The molecule has 0 fully saturated rings. The van der Waals surface area contributed by atoms with E-state index in [4.69, 9.17) is 4.74 Å². The zero-order valence-corrected chi connectivity index (χ0v) is 9.41. The van der Waals surface area contributed by atoms with Gasteiger partial charge in [-0.3, -0.25) is 14.7 Å². The molecule has 0 unspecified atom stereocenters. The molecule has 1 aromatic carbocycles. The first-order valence-electron chi connectivity index (χ1n) is 5.17. The predicted octanol–water partition coefficient (Wildman–Crippen LogP) is 2.72. The van der Waals surface area contributed by atoms with E-state index >= 15 is 0 Å². The number of fused-ring (bicyclic) bond motifs is 1. The smallest absolute Gasteiger partial charge is 0.418 e. The molecule has 2 rings (SSSR count). The summed E-state index contributed by atoms with van der Waals surface area (Å²) in [6.07, 6.45) is 2.44. The summed E-state index contributed by atoms with van der Waals surface area (Å²) in [6, 6.07) is 5.90. The van der Waals surface area contributed by atoms with E-state index in [2.05, 4.69) is 6.58 Å². The van der Waals surface area contributed by atoms with Crippen molar-refractivity contribution in [2.75, 3.05) is 6.61 Å². The van der Waals surface area contributed by atoms with E-state index in [9.17, 15) is 14.9 Å². The van der Waals surface area contributed by atoms with Crippen LogP contribution in [0.3, 0.4) is 0 Å². The summed E-state index contributed by atoms with van der Waals surface area (Å²) in [4.78, 5) is 21.8. The van der Waals surface area contributed by atoms with Crippen LogP contribution in [0.5, 0.6) is 0 Å². The first kappa shape index (κ1) is 11.8. The number of aromatic nitrogens is 1. The van der Waals surface area contributed by atoms with Gasteiger partial charge in [0.15, 0.2) is 0 Å². The Labute approximate surface area is 102 Å². The quantitative estimate of drug-likeness (QED) is 0.474. The lowest BCUT2D eigenvalue weighted by Crippen LogP contribution is -2.12. The highest BCUT2D eigenvalue weighted by Crippen LogP contribution is 2.22. The number of ether oxygens (including phenoxy) is 1. The lowest BCUT2D eigenvalue weighted by Gasteiger charge is -2.03. The van der Waals surface area contributed by atoms with Gasteiger partial charge in [0.1, 0.15) is 6.61 Å². The first-order valence-corrected chi connectivity index (χ1v) is 5.17. The average molecular weight is 246 g/mol. The number of carbonyl (C=O) groups is 1. The third-order valence-electron chi connectivity index (χ3n) is 2.41. The van der Waals surface area contributed by atoms with Crippen LogP contribution in [0.15, 0.2) is 43.1 Å². The Morgan fingerprint density at radius 2 is 2.28 bits per heavy atom. The highest BCUT2D eigenvalue weighted by atomic mass is 16.6. The van der Waals surface area contributed by atoms with Crippen LogP contribution >= 0.6 is 0 Å². The zero-order valence-electron chi connectivity index (χ0n) is 9.41. The number of non-ortho nitro benzene ring substituents is 1. The van der Waals surface area contributed by atoms with E-state index in [1.54, 1.807) is 6.07 Å². The fourth-order valence-corrected chi connectivity index (χ4v) is 1.60. The highest BCUT2D eigenvalue weighted by Gasteiger charge is 2.12. The molecule has 6 heteroatoms. The van der Waals surface area contributed by atoms with E-state index in [-0.39, 0.29) is 12.3 Å². The second kappa shape index (κ2) is 4.70. The molecule has 0 saturated heterocycles. The minimum atomic E-state index is -0.543. The number of rotatable bonds is 3. The van der Waals surface area contributed by atoms with Crippen molar-refractivity contribution in [2.45, 2.75) is 0 Å². The molecule has 0 aliphatic rings. The van der Waals surface area contributed by atoms with E-state index in [1.165, 1.54) is 35.0 Å². The highest BCUT2D eigenvalue weighted by molar-refractivity contribution is 5.90. The van der Waals surface area contributed by atoms with Crippen molar-refractivity contribution >= 4 is 22.7 Å². The van der Waals surface area contributed by atoms with Gasteiger partial charge in [-0.15, -0.1) is 0 Å². The summed E-state index contributed by atoms with van der Waals surface area (Å²) in [5.74, 6) is 0. The molecule has 0 N–H and O–H groups in total. The minimum Gasteiger partial charge on any atom is -0.445 e. The van der Waals surface area contributed by atoms with Gasteiger partial charge in [-0.25, -0.2) is 4.79 Å². The Morgan fingerprint density at radius 3 is 2.94 bits per heavy atom. The number of benzene rings is 1. The molecule has 2 aromatic rings. The van der Waals surface area contributed by atoms with Crippen molar-refractivity contribution in [1.29, 1.82) is 0 Å². The molecule has 18 heavy (non-hydrogen) atoms. The third-order valence-corrected chi connectivity index (χ3v) is 2.41. The largest absolute Gasteiger partial charge is 0.445 e. The summed E-state index contributed by atoms with van der Waals surface area (Å²) in [6.45, 7) is 3.56. The van der Waals surface area contributed by atoms with E-state index < -0.39 is 11.0 Å². The van der Waals surface area contributed by atoms with Crippen LogP contribution in [0.1, 0.15) is 0 Å². The Hall–Kier alpha value is -2.63. The van der Waals surface area contributed by atoms with Gasteiger partial charge in [-0.2, -0.15) is 0 Å². The SMILES string of the molecule is C=CCOC(=O)n1ccc2cc([N+](=O)[O-])ccc21. The minimum absolute atomic E-state index is 0.0142. The molecular formula is C12H10N2O4. The maximum atomic E-state index is 11.7. The number of hydrogen-bond acceptors (Lipinski definition) is 4. The molecule has 1 aromatic heterocycles. The lowest BCUT2D eigenvalue weighted by molar-refractivity contribution is -0.384. The van der Waals surface area contributed by atoms with E-state index in [1.807, 2.05) is 0 Å². The standard InChI is InChI=1S/C12H10N2O4/c1-2-7-18-12(15)13-6-5-9-8-10(14(16)17)3-4-11(9)13/h2-6,8H,1,7H2. The van der Waals surface area contributed by atoms with Gasteiger partial charge in [0.25, 0.3) is 5.69 Å². The molecule has 6 nitrogen and oxygen atoms in total. The van der Waals surface area contributed by atoms with Gasteiger partial charge in [-0.1, -0.05) is 12.7 Å². The van der Waals surface area contributed by atoms with Crippen molar-refractivity contribution in [3.63, 3.8) is 0 Å². The number of carbonyl (C=O) groups excluding carboxylic acids is 1. The van der Waals surface area contributed by atoms with Crippen molar-refractivity contribution < 1.29 is 14.5 Å². The summed E-state index contributed by atoms with van der Waals surface area (Å²) in [5, 5.41) is 11.2. The zero-order chi connectivity index (χ0) is 13.1. The molecule has 0 bridgehead atoms. The maximum absolute atomic E-state index is 11.7. The second-order valence-electron chi connectivity index (χ2n) is 3.55. The Morgan fingerprint density at radius 1 is 1.50 bits per heavy atom. The molecular weight excluding hydrogens is 236 g/mol. The summed E-state index contributed by atoms with van der Waals surface area (Å²) >= 11 is 0. The molecule has 0 atom stereocenters. The van der Waals surface area contributed by atoms with Crippen molar-refractivity contribution in [2.24, 2.45) is 0 Å². The van der Waals surface area contributed by atoms with E-state index in [0.717, 1.165) is 0 Å². The van der Waals surface area contributed by atoms with Crippen molar-refractivity contribution in [3.05, 3.63) is 53.2 Å². The van der Waals surface area contributed by atoms with Gasteiger partial charge < -0.3 is 4.74 Å². The average Bonchev–Trinajstić information content (AvgIpc) is 2.78. The van der Waals surface area contributed by atoms with Gasteiger partial charge in [0.2, 0.25) is 0 Å². The monoisotopic (exact) mass is 246 g/mol. The molecule has 0 radical (unpaired) electrons. The Balaban J connectivity index is 2.39. The van der Waals surface area contributed by atoms with Crippen LogP contribution in [0, 0.1) is 10.1 Å². The van der Waals surface area contributed by atoms with Gasteiger partial charge in [-0.05, 0) is 12.1 Å².